The van der Waals surface area contributed by atoms with Gasteiger partial charge in [-0.1, -0.05) is 18.7 Å². The Morgan fingerprint density at radius 1 is 1.35 bits per heavy atom. The molecule has 0 unspecified atom stereocenters. The Morgan fingerprint density at radius 2 is 2.06 bits per heavy atom. The zero-order valence-electron chi connectivity index (χ0n) is 9.23. The maximum atomic E-state index is 11.4. The predicted octanol–water partition coefficient (Wildman–Crippen LogP) is 2.27. The molecule has 1 aromatic carbocycles. The molecule has 2 rings (SSSR count). The number of rotatable bonds is 2. The number of hydrogen-bond acceptors (Lipinski definition) is 4. The van der Waals surface area contributed by atoms with Gasteiger partial charge in [0.2, 0.25) is 0 Å². The lowest BCUT2D eigenvalue weighted by molar-refractivity contribution is -0.129. The fourth-order valence-electron chi connectivity index (χ4n) is 1.35. The Hall–Kier alpha value is -2.36. The summed E-state index contributed by atoms with van der Waals surface area (Å²) in [7, 11) is 0. The number of esters is 1. The number of carbonyl (C=O) groups is 1. The van der Waals surface area contributed by atoms with Gasteiger partial charge in [0, 0.05) is 5.57 Å². The molecule has 1 aromatic heterocycles. The summed E-state index contributed by atoms with van der Waals surface area (Å²) in [6.07, 6.45) is 0. The first-order valence-corrected chi connectivity index (χ1v) is 4.98. The minimum atomic E-state index is -0.569. The van der Waals surface area contributed by atoms with Crippen molar-refractivity contribution in [2.75, 3.05) is 0 Å². The van der Waals surface area contributed by atoms with Gasteiger partial charge in [-0.2, -0.15) is 0 Å². The summed E-state index contributed by atoms with van der Waals surface area (Å²) in [5.41, 5.74) is 0.0834. The minimum absolute atomic E-state index is 0.185. The lowest BCUT2D eigenvalue weighted by Crippen LogP contribution is -2.10. The van der Waals surface area contributed by atoms with Crippen LogP contribution < -0.4 is 10.4 Å². The maximum absolute atomic E-state index is 11.4. The number of hydrogen-bond donors (Lipinski definition) is 0. The van der Waals surface area contributed by atoms with Gasteiger partial charge in [0.25, 0.3) is 0 Å². The SMILES string of the molecule is C=C(C)C(=O)Oc1cc(=O)oc2ccccc12. The highest BCUT2D eigenvalue weighted by Gasteiger charge is 2.10. The maximum Gasteiger partial charge on any atom is 0.339 e. The van der Waals surface area contributed by atoms with Gasteiger partial charge in [0.1, 0.15) is 11.3 Å². The van der Waals surface area contributed by atoms with Crippen LogP contribution >= 0.6 is 0 Å². The van der Waals surface area contributed by atoms with Gasteiger partial charge >= 0.3 is 11.6 Å². The molecule has 4 heteroatoms. The molecule has 2 aromatic rings. The summed E-state index contributed by atoms with van der Waals surface area (Å²) in [5, 5.41) is 0.571. The summed E-state index contributed by atoms with van der Waals surface area (Å²) in [6, 6.07) is 7.98. The minimum Gasteiger partial charge on any atom is -0.422 e. The lowest BCUT2D eigenvalue weighted by atomic mass is 10.2. The Bertz CT molecular complexity index is 652. The Morgan fingerprint density at radius 3 is 2.76 bits per heavy atom. The van der Waals surface area contributed by atoms with E-state index in [1.165, 1.54) is 6.92 Å². The van der Waals surface area contributed by atoms with Crippen molar-refractivity contribution in [3.8, 4) is 5.75 Å². The molecule has 0 aliphatic carbocycles. The molecule has 0 bridgehead atoms. The van der Waals surface area contributed by atoms with Gasteiger partial charge in [0.05, 0.1) is 11.5 Å². The molecule has 86 valence electrons. The third-order valence-corrected chi connectivity index (χ3v) is 2.16. The summed E-state index contributed by atoms with van der Waals surface area (Å²) >= 11 is 0. The Labute approximate surface area is 97.1 Å². The normalized spacial score (nSPS) is 10.2. The van der Waals surface area contributed by atoms with Crippen molar-refractivity contribution in [3.63, 3.8) is 0 Å². The highest BCUT2D eigenvalue weighted by Crippen LogP contribution is 2.23. The fourth-order valence-corrected chi connectivity index (χ4v) is 1.35. The van der Waals surface area contributed by atoms with Crippen molar-refractivity contribution in [3.05, 3.63) is 52.9 Å². The van der Waals surface area contributed by atoms with Crippen LogP contribution in [0.2, 0.25) is 0 Å². The van der Waals surface area contributed by atoms with E-state index in [0.29, 0.717) is 11.0 Å². The van der Waals surface area contributed by atoms with E-state index in [0.717, 1.165) is 6.07 Å². The van der Waals surface area contributed by atoms with Crippen LogP contribution in [0.25, 0.3) is 11.0 Å². The summed E-state index contributed by atoms with van der Waals surface area (Å²) in [4.78, 5) is 22.7. The van der Waals surface area contributed by atoms with Crippen molar-refractivity contribution in [1.29, 1.82) is 0 Å². The molecule has 0 N–H and O–H groups in total. The van der Waals surface area contributed by atoms with Gasteiger partial charge in [-0.05, 0) is 19.1 Å². The highest BCUT2D eigenvalue weighted by molar-refractivity contribution is 5.92. The van der Waals surface area contributed by atoms with E-state index in [1.807, 2.05) is 0 Å². The van der Waals surface area contributed by atoms with Crippen LogP contribution in [0, 0.1) is 0 Å². The first kappa shape index (κ1) is 11.1. The molecule has 0 aliphatic heterocycles. The monoisotopic (exact) mass is 230 g/mol. The van der Waals surface area contributed by atoms with Crippen LogP contribution in [-0.2, 0) is 4.79 Å². The van der Waals surface area contributed by atoms with Gasteiger partial charge in [-0.15, -0.1) is 0 Å². The van der Waals surface area contributed by atoms with Crippen LogP contribution in [0.3, 0.4) is 0 Å². The third kappa shape index (κ3) is 2.25. The van der Waals surface area contributed by atoms with E-state index >= 15 is 0 Å². The zero-order chi connectivity index (χ0) is 12.4. The quantitative estimate of drug-likeness (QED) is 0.451. The molecule has 4 nitrogen and oxygen atoms in total. The van der Waals surface area contributed by atoms with E-state index in [9.17, 15) is 9.59 Å². The number of carbonyl (C=O) groups excluding carboxylic acids is 1. The topological polar surface area (TPSA) is 56.5 Å². The molecule has 0 aliphatic rings. The second-order valence-corrected chi connectivity index (χ2v) is 3.60. The molecule has 0 radical (unpaired) electrons. The number of fused-ring (bicyclic) bond motifs is 1. The molecule has 0 fully saturated rings. The van der Waals surface area contributed by atoms with E-state index in [1.54, 1.807) is 24.3 Å². The lowest BCUT2D eigenvalue weighted by Gasteiger charge is -2.05. The first-order chi connectivity index (χ1) is 8.08. The third-order valence-electron chi connectivity index (χ3n) is 2.16. The molecular weight excluding hydrogens is 220 g/mol. The van der Waals surface area contributed by atoms with E-state index in [2.05, 4.69) is 6.58 Å². The van der Waals surface area contributed by atoms with E-state index < -0.39 is 11.6 Å². The standard InChI is InChI=1S/C13H10O4/c1-8(2)13(15)17-11-7-12(14)16-10-6-4-3-5-9(10)11/h3-7H,1H2,2H3. The largest absolute Gasteiger partial charge is 0.422 e. The van der Waals surface area contributed by atoms with Crippen LogP contribution in [0.4, 0.5) is 0 Å². The number of para-hydroxylation sites is 1. The van der Waals surface area contributed by atoms with Crippen molar-refractivity contribution >= 4 is 16.9 Å². The van der Waals surface area contributed by atoms with Crippen LogP contribution in [0.5, 0.6) is 5.75 Å². The predicted molar refractivity (Wildman–Crippen MR) is 62.9 cm³/mol. The average molecular weight is 230 g/mol. The summed E-state index contributed by atoms with van der Waals surface area (Å²) in [6.45, 7) is 5.02. The van der Waals surface area contributed by atoms with Crippen molar-refractivity contribution in [2.24, 2.45) is 0 Å². The average Bonchev–Trinajstić information content (AvgIpc) is 2.28. The van der Waals surface area contributed by atoms with Gasteiger partial charge in [0.15, 0.2) is 0 Å². The summed E-state index contributed by atoms with van der Waals surface area (Å²) in [5.74, 6) is -0.384. The van der Waals surface area contributed by atoms with Crippen LogP contribution in [0.15, 0.2) is 51.7 Å². The highest BCUT2D eigenvalue weighted by atomic mass is 16.5. The smallest absolute Gasteiger partial charge is 0.339 e. The molecule has 0 atom stereocenters. The zero-order valence-corrected chi connectivity index (χ0v) is 9.23. The van der Waals surface area contributed by atoms with Gasteiger partial charge in [-0.3, -0.25) is 0 Å². The van der Waals surface area contributed by atoms with Crippen LogP contribution in [0.1, 0.15) is 6.92 Å². The molecule has 0 amide bonds. The van der Waals surface area contributed by atoms with Crippen LogP contribution in [-0.4, -0.2) is 5.97 Å². The van der Waals surface area contributed by atoms with Crippen molar-refractivity contribution in [1.82, 2.24) is 0 Å². The van der Waals surface area contributed by atoms with Gasteiger partial charge < -0.3 is 9.15 Å². The fraction of sp³-hybridized carbons (Fsp3) is 0.0769. The summed E-state index contributed by atoms with van der Waals surface area (Å²) < 4.78 is 10.0. The second kappa shape index (κ2) is 4.25. The molecule has 17 heavy (non-hydrogen) atoms. The Kier molecular flexibility index (Phi) is 2.78. The number of benzene rings is 1. The Balaban J connectivity index is 2.56. The molecule has 1 heterocycles. The second-order valence-electron chi connectivity index (χ2n) is 3.60. The van der Waals surface area contributed by atoms with Crippen molar-refractivity contribution < 1.29 is 13.9 Å². The molecule has 0 saturated carbocycles. The molecular formula is C13H10O4. The van der Waals surface area contributed by atoms with Gasteiger partial charge in [-0.25, -0.2) is 9.59 Å². The number of ether oxygens (including phenoxy) is 1. The molecule has 0 saturated heterocycles. The first-order valence-electron chi connectivity index (χ1n) is 4.98. The van der Waals surface area contributed by atoms with Crippen molar-refractivity contribution in [2.45, 2.75) is 6.92 Å². The molecule has 0 spiro atoms. The van der Waals surface area contributed by atoms with E-state index in [-0.39, 0.29) is 11.3 Å². The van der Waals surface area contributed by atoms with E-state index in [4.69, 9.17) is 9.15 Å².